The van der Waals surface area contributed by atoms with Crippen molar-refractivity contribution in [2.45, 2.75) is 19.4 Å². The van der Waals surface area contributed by atoms with Gasteiger partial charge in [0.05, 0.1) is 25.8 Å². The number of alkyl halides is 2. The lowest BCUT2D eigenvalue weighted by molar-refractivity contribution is -0.0556. The number of rotatable bonds is 7. The van der Waals surface area contributed by atoms with Gasteiger partial charge in [-0.05, 0) is 36.9 Å². The molecule has 0 spiro atoms. The monoisotopic (exact) mass is 461 g/mol. The summed E-state index contributed by atoms with van der Waals surface area (Å²) in [5, 5.41) is 14.3. The summed E-state index contributed by atoms with van der Waals surface area (Å²) < 4.78 is 38.9. The second-order valence-corrected chi connectivity index (χ2v) is 10.1. The Morgan fingerprint density at radius 2 is 1.97 bits per heavy atom. The van der Waals surface area contributed by atoms with Crippen molar-refractivity contribution < 1.29 is 23.4 Å². The zero-order valence-electron chi connectivity index (χ0n) is 18.1. The molecule has 0 amide bonds. The fraction of sp³-hybridized carbons (Fsp3) is 0.391. The molecular formula is C23H26F2N3O3P. The van der Waals surface area contributed by atoms with Crippen LogP contribution in [0, 0.1) is 6.92 Å². The van der Waals surface area contributed by atoms with Crippen LogP contribution >= 0.6 is 7.92 Å². The van der Waals surface area contributed by atoms with Gasteiger partial charge in [0.25, 0.3) is 5.92 Å². The first-order valence-electron chi connectivity index (χ1n) is 10.4. The zero-order valence-corrected chi connectivity index (χ0v) is 19.0. The predicted molar refractivity (Wildman–Crippen MR) is 123 cm³/mol. The van der Waals surface area contributed by atoms with Crippen LogP contribution in [0.15, 0.2) is 36.4 Å². The van der Waals surface area contributed by atoms with E-state index in [0.717, 1.165) is 42.2 Å². The minimum Gasteiger partial charge on any atom is -0.496 e. The number of halogens is 2. The van der Waals surface area contributed by atoms with E-state index in [4.69, 9.17) is 14.6 Å². The molecule has 32 heavy (non-hydrogen) atoms. The molecule has 9 heteroatoms. The lowest BCUT2D eigenvalue weighted by Crippen LogP contribution is -2.20. The fourth-order valence-corrected chi connectivity index (χ4v) is 5.98. The van der Waals surface area contributed by atoms with E-state index in [1.54, 1.807) is 19.2 Å². The molecule has 0 radical (unpaired) electrons. The van der Waals surface area contributed by atoms with E-state index in [0.29, 0.717) is 23.8 Å². The summed E-state index contributed by atoms with van der Waals surface area (Å²) in [6, 6.07) is 10.1. The maximum absolute atomic E-state index is 13.9. The molecule has 2 aromatic carbocycles. The molecule has 4 rings (SSSR count). The molecule has 6 nitrogen and oxygen atoms in total. The first-order chi connectivity index (χ1) is 15.4. The van der Waals surface area contributed by atoms with Gasteiger partial charge in [-0.3, -0.25) is 0 Å². The number of aliphatic hydroxyl groups is 1. The Balaban J connectivity index is 1.67. The van der Waals surface area contributed by atoms with Gasteiger partial charge in [-0.2, -0.15) is 8.78 Å². The van der Waals surface area contributed by atoms with Crippen molar-refractivity contribution in [1.29, 1.82) is 0 Å². The quantitative estimate of drug-likeness (QED) is 0.522. The molecule has 0 bridgehead atoms. The molecule has 1 aliphatic rings. The van der Waals surface area contributed by atoms with Gasteiger partial charge in [-0.25, -0.2) is 9.97 Å². The van der Waals surface area contributed by atoms with E-state index in [2.05, 4.69) is 21.4 Å². The molecule has 0 aliphatic carbocycles. The maximum Gasteiger partial charge on any atom is 0.295 e. The summed E-state index contributed by atoms with van der Waals surface area (Å²) in [5.74, 6) is -1.19. The van der Waals surface area contributed by atoms with Gasteiger partial charge in [0, 0.05) is 28.9 Å². The molecule has 2 N–H and O–H groups in total. The van der Waals surface area contributed by atoms with Crippen molar-refractivity contribution in [1.82, 2.24) is 9.97 Å². The van der Waals surface area contributed by atoms with Crippen molar-refractivity contribution in [2.24, 2.45) is 0 Å². The van der Waals surface area contributed by atoms with E-state index >= 15 is 0 Å². The van der Waals surface area contributed by atoms with Crippen molar-refractivity contribution in [3.05, 3.63) is 53.3 Å². The molecule has 0 unspecified atom stereocenters. The maximum atomic E-state index is 13.9. The fourth-order valence-electron chi connectivity index (χ4n) is 3.80. The second kappa shape index (κ2) is 9.61. The molecular weight excluding hydrogens is 435 g/mol. The third kappa shape index (κ3) is 4.82. The number of nitrogens with one attached hydrogen (secondary N) is 1. The number of benzene rings is 2. The van der Waals surface area contributed by atoms with Crippen molar-refractivity contribution >= 4 is 29.9 Å². The van der Waals surface area contributed by atoms with Gasteiger partial charge < -0.3 is 19.9 Å². The molecule has 1 aromatic heterocycles. The van der Waals surface area contributed by atoms with Gasteiger partial charge in [0.15, 0.2) is 0 Å². The van der Waals surface area contributed by atoms with Crippen LogP contribution in [-0.4, -0.2) is 54.3 Å². The van der Waals surface area contributed by atoms with Crippen LogP contribution in [0.2, 0.25) is 0 Å². The van der Waals surface area contributed by atoms with Crippen LogP contribution < -0.4 is 15.4 Å². The lowest BCUT2D eigenvalue weighted by atomic mass is 10.1. The molecule has 2 heterocycles. The highest BCUT2D eigenvalue weighted by Gasteiger charge is 2.30. The Morgan fingerprint density at radius 1 is 1.19 bits per heavy atom. The van der Waals surface area contributed by atoms with E-state index in [1.165, 1.54) is 17.4 Å². The first-order valence-corrected chi connectivity index (χ1v) is 12.1. The van der Waals surface area contributed by atoms with E-state index < -0.39 is 20.5 Å². The number of fused-ring (bicyclic) bond motifs is 1. The highest BCUT2D eigenvalue weighted by molar-refractivity contribution is 7.66. The number of ether oxygens (including phenoxy) is 2. The highest BCUT2D eigenvalue weighted by atomic mass is 31.1. The van der Waals surface area contributed by atoms with Crippen LogP contribution in [0.5, 0.6) is 5.75 Å². The number of aromatic nitrogens is 2. The zero-order chi connectivity index (χ0) is 22.7. The highest BCUT2D eigenvalue weighted by Crippen LogP contribution is 2.41. The smallest absolute Gasteiger partial charge is 0.295 e. The Kier molecular flexibility index (Phi) is 6.84. The van der Waals surface area contributed by atoms with Crippen LogP contribution in [-0.2, 0) is 17.2 Å². The Morgan fingerprint density at radius 3 is 2.69 bits per heavy atom. The van der Waals surface area contributed by atoms with Crippen LogP contribution in [0.25, 0.3) is 10.9 Å². The molecule has 0 atom stereocenters. The van der Waals surface area contributed by atoms with Crippen LogP contribution in [0.1, 0.15) is 17.0 Å². The number of aliphatic hydroxyl groups excluding tert-OH is 1. The van der Waals surface area contributed by atoms with Crippen molar-refractivity contribution in [2.75, 3.05) is 44.6 Å². The largest absolute Gasteiger partial charge is 0.496 e. The summed E-state index contributed by atoms with van der Waals surface area (Å²) in [6.07, 6.45) is 1.97. The number of anilines is 1. The Hall–Kier alpha value is -2.41. The van der Waals surface area contributed by atoms with E-state index in [1.807, 2.05) is 13.0 Å². The third-order valence-electron chi connectivity index (χ3n) is 5.47. The summed E-state index contributed by atoms with van der Waals surface area (Å²) in [4.78, 5) is 9.14. The van der Waals surface area contributed by atoms with E-state index in [-0.39, 0.29) is 5.56 Å². The number of hydrogen-bond donors (Lipinski definition) is 2. The Labute approximate surface area is 186 Å². The summed E-state index contributed by atoms with van der Waals surface area (Å²) in [6.45, 7) is 2.40. The van der Waals surface area contributed by atoms with Crippen molar-refractivity contribution in [3.63, 3.8) is 0 Å². The summed E-state index contributed by atoms with van der Waals surface area (Å²) in [7, 11) is 1.27. The average molecular weight is 461 g/mol. The molecule has 1 saturated heterocycles. The number of aryl methyl sites for hydroxylation is 1. The number of hydrogen-bond acceptors (Lipinski definition) is 6. The van der Waals surface area contributed by atoms with Gasteiger partial charge in [-0.15, -0.1) is 0 Å². The van der Waals surface area contributed by atoms with Gasteiger partial charge in [-0.1, -0.05) is 26.1 Å². The summed E-state index contributed by atoms with van der Waals surface area (Å²) >= 11 is 0. The van der Waals surface area contributed by atoms with Gasteiger partial charge in [0.1, 0.15) is 24.0 Å². The minimum atomic E-state index is -3.27. The molecule has 3 aromatic rings. The molecule has 1 fully saturated rings. The van der Waals surface area contributed by atoms with E-state index in [9.17, 15) is 8.78 Å². The predicted octanol–water partition coefficient (Wildman–Crippen LogP) is 3.78. The third-order valence-corrected chi connectivity index (χ3v) is 7.94. The average Bonchev–Trinajstić information content (AvgIpc) is 2.82. The minimum absolute atomic E-state index is 0.211. The molecule has 1 aliphatic heterocycles. The number of methoxy groups -OCH3 is 1. The number of nitrogens with zero attached hydrogens (tertiary/aromatic N) is 2. The topological polar surface area (TPSA) is 76.5 Å². The normalized spacial score (nSPS) is 15.2. The first kappa shape index (κ1) is 22.8. The van der Waals surface area contributed by atoms with Gasteiger partial charge in [0.2, 0.25) is 0 Å². The lowest BCUT2D eigenvalue weighted by Gasteiger charge is -2.25. The van der Waals surface area contributed by atoms with Crippen LogP contribution in [0.4, 0.5) is 14.6 Å². The summed E-state index contributed by atoms with van der Waals surface area (Å²) in [5.41, 5.74) is 1.23. The second-order valence-electron chi connectivity index (χ2n) is 7.68. The van der Waals surface area contributed by atoms with Gasteiger partial charge >= 0.3 is 0 Å². The molecule has 0 saturated carbocycles. The SMILES string of the molecule is COc1cc2nc(C)nc(NCc3cccc(C(F)(F)CO)c3)c2cc1P1CCOCC1. The van der Waals surface area contributed by atoms with Crippen LogP contribution in [0.3, 0.4) is 0 Å². The molecule has 170 valence electrons. The van der Waals surface area contributed by atoms with Crippen molar-refractivity contribution in [3.8, 4) is 5.75 Å². The standard InChI is InChI=1S/C23H26F2N3O3P/c1-15-27-19-12-20(30-2)21(32-8-6-31-7-9-32)11-18(19)22(28-15)26-13-16-4-3-5-17(10-16)23(24,25)14-29/h3-5,10-12,29H,6-9,13-14H2,1-2H3,(H,26,27,28). The Bertz CT molecular complexity index is 1110.